The Morgan fingerprint density at radius 3 is 2.69 bits per heavy atom. The first-order valence-electron chi connectivity index (χ1n) is 4.68. The van der Waals surface area contributed by atoms with Gasteiger partial charge in [0, 0.05) is 24.4 Å². The molecule has 0 unspecified atom stereocenters. The molecule has 0 bridgehead atoms. The van der Waals surface area contributed by atoms with Gasteiger partial charge < -0.3 is 4.90 Å². The molecule has 0 saturated heterocycles. The second kappa shape index (κ2) is 5.06. The number of nitro groups is 1. The highest BCUT2D eigenvalue weighted by atomic mass is 16.6. The molecule has 0 aliphatic rings. The van der Waals surface area contributed by atoms with Gasteiger partial charge in [0.15, 0.2) is 0 Å². The number of amides is 1. The normalized spacial score (nSPS) is 9.56. The summed E-state index contributed by atoms with van der Waals surface area (Å²) in [5, 5.41) is 10.5. The topological polar surface area (TPSA) is 63.5 Å². The van der Waals surface area contributed by atoms with Crippen molar-refractivity contribution in [1.82, 2.24) is 0 Å². The molecular formula is C11H12N2O3. The average molecular weight is 220 g/mol. The van der Waals surface area contributed by atoms with Gasteiger partial charge in [0.05, 0.1) is 4.92 Å². The van der Waals surface area contributed by atoms with E-state index in [4.69, 9.17) is 0 Å². The fourth-order valence-corrected chi connectivity index (χ4v) is 1.41. The van der Waals surface area contributed by atoms with Gasteiger partial charge in [-0.25, -0.2) is 0 Å². The molecule has 0 heterocycles. The van der Waals surface area contributed by atoms with E-state index in [2.05, 4.69) is 6.58 Å². The van der Waals surface area contributed by atoms with Gasteiger partial charge in [0.1, 0.15) is 0 Å². The second-order valence-electron chi connectivity index (χ2n) is 3.27. The van der Waals surface area contributed by atoms with Gasteiger partial charge in [-0.3, -0.25) is 14.9 Å². The number of carbonyl (C=O) groups excluding carboxylic acids is 1. The van der Waals surface area contributed by atoms with Crippen molar-refractivity contribution < 1.29 is 9.72 Å². The fourth-order valence-electron chi connectivity index (χ4n) is 1.41. The molecule has 84 valence electrons. The average Bonchev–Trinajstić information content (AvgIpc) is 2.26. The third kappa shape index (κ3) is 2.44. The first-order valence-corrected chi connectivity index (χ1v) is 4.68. The van der Waals surface area contributed by atoms with Crippen LogP contribution in [0, 0.1) is 17.0 Å². The Labute approximate surface area is 93.1 Å². The molecule has 0 aliphatic carbocycles. The number of nitrogens with zero attached hydrogens (tertiary/aromatic N) is 2. The zero-order chi connectivity index (χ0) is 12.1. The van der Waals surface area contributed by atoms with Crippen LogP contribution in [0.3, 0.4) is 0 Å². The highest BCUT2D eigenvalue weighted by Gasteiger charge is 2.11. The lowest BCUT2D eigenvalue weighted by Gasteiger charge is -2.17. The van der Waals surface area contributed by atoms with Crippen LogP contribution in [0.4, 0.5) is 11.4 Å². The van der Waals surface area contributed by atoms with Crippen LogP contribution in [-0.2, 0) is 4.79 Å². The van der Waals surface area contributed by atoms with Crippen molar-refractivity contribution in [2.24, 2.45) is 0 Å². The van der Waals surface area contributed by atoms with Crippen LogP contribution in [0.5, 0.6) is 0 Å². The molecule has 0 atom stereocenters. The van der Waals surface area contributed by atoms with E-state index in [0.717, 1.165) is 0 Å². The monoisotopic (exact) mass is 220 g/mol. The molecule has 1 aromatic rings. The predicted octanol–water partition coefficient (Wildman–Crippen LogP) is 2.05. The molecule has 5 nitrogen and oxygen atoms in total. The van der Waals surface area contributed by atoms with E-state index in [9.17, 15) is 14.9 Å². The van der Waals surface area contributed by atoms with Gasteiger partial charge in [0.25, 0.3) is 5.69 Å². The Morgan fingerprint density at radius 1 is 1.56 bits per heavy atom. The summed E-state index contributed by atoms with van der Waals surface area (Å²) < 4.78 is 0. The number of nitro benzene ring substituents is 1. The molecule has 1 aromatic carbocycles. The zero-order valence-electron chi connectivity index (χ0n) is 8.92. The van der Waals surface area contributed by atoms with Gasteiger partial charge in [-0.15, -0.1) is 6.58 Å². The number of rotatable bonds is 5. The molecule has 5 heteroatoms. The van der Waals surface area contributed by atoms with Crippen LogP contribution in [0.1, 0.15) is 5.56 Å². The number of carbonyl (C=O) groups is 1. The lowest BCUT2D eigenvalue weighted by Crippen LogP contribution is -2.21. The quantitative estimate of drug-likeness (QED) is 0.330. The zero-order valence-corrected chi connectivity index (χ0v) is 8.92. The molecule has 1 rings (SSSR count). The summed E-state index contributed by atoms with van der Waals surface area (Å²) in [7, 11) is 0. The Hall–Kier alpha value is -2.17. The summed E-state index contributed by atoms with van der Waals surface area (Å²) in [6, 6.07) is 4.38. The minimum Gasteiger partial charge on any atom is -0.311 e. The van der Waals surface area contributed by atoms with Gasteiger partial charge in [-0.05, 0) is 18.6 Å². The van der Waals surface area contributed by atoms with Crippen molar-refractivity contribution in [3.05, 3.63) is 46.5 Å². The summed E-state index contributed by atoms with van der Waals surface area (Å²) in [4.78, 5) is 22.3. The predicted molar refractivity (Wildman–Crippen MR) is 61.4 cm³/mol. The van der Waals surface area contributed by atoms with E-state index in [1.54, 1.807) is 19.1 Å². The molecule has 1 amide bonds. The lowest BCUT2D eigenvalue weighted by atomic mass is 10.1. The number of anilines is 1. The number of hydrogen-bond acceptors (Lipinski definition) is 3. The number of aryl methyl sites for hydroxylation is 1. The fraction of sp³-hybridized carbons (Fsp3) is 0.182. The van der Waals surface area contributed by atoms with Crippen molar-refractivity contribution in [3.8, 4) is 0 Å². The van der Waals surface area contributed by atoms with Crippen LogP contribution < -0.4 is 4.90 Å². The maximum absolute atomic E-state index is 10.8. The van der Waals surface area contributed by atoms with E-state index >= 15 is 0 Å². The molecular weight excluding hydrogens is 208 g/mol. The molecule has 0 radical (unpaired) electrons. The van der Waals surface area contributed by atoms with Crippen molar-refractivity contribution in [3.63, 3.8) is 0 Å². The van der Waals surface area contributed by atoms with Crippen molar-refractivity contribution >= 4 is 17.8 Å². The molecule has 0 spiro atoms. The van der Waals surface area contributed by atoms with Crippen LogP contribution in [-0.4, -0.2) is 17.9 Å². The van der Waals surface area contributed by atoms with Crippen LogP contribution in [0.2, 0.25) is 0 Å². The van der Waals surface area contributed by atoms with Gasteiger partial charge in [-0.1, -0.05) is 6.08 Å². The van der Waals surface area contributed by atoms with E-state index < -0.39 is 4.92 Å². The maximum Gasteiger partial charge on any atom is 0.269 e. The third-order valence-electron chi connectivity index (χ3n) is 2.15. The number of non-ortho nitro benzene ring substituents is 1. The van der Waals surface area contributed by atoms with Crippen molar-refractivity contribution in [2.45, 2.75) is 6.92 Å². The Morgan fingerprint density at radius 2 is 2.25 bits per heavy atom. The maximum atomic E-state index is 10.8. The lowest BCUT2D eigenvalue weighted by molar-refractivity contribution is -0.384. The summed E-state index contributed by atoms with van der Waals surface area (Å²) in [5.41, 5.74) is 1.36. The van der Waals surface area contributed by atoms with Crippen LogP contribution in [0.25, 0.3) is 0 Å². The number of hydrogen-bond donors (Lipinski definition) is 0. The van der Waals surface area contributed by atoms with E-state index in [1.807, 2.05) is 0 Å². The van der Waals surface area contributed by atoms with Crippen molar-refractivity contribution in [1.29, 1.82) is 0 Å². The molecule has 0 saturated carbocycles. The second-order valence-corrected chi connectivity index (χ2v) is 3.27. The standard InChI is InChI=1S/C11H12N2O3/c1-3-6-12(8-14)11-5-4-10(13(15)16)7-9(11)2/h3-5,7-8H,1,6H2,2H3. The summed E-state index contributed by atoms with van der Waals surface area (Å²) in [6.45, 7) is 5.64. The SMILES string of the molecule is C=CCN(C=O)c1ccc([N+](=O)[O-])cc1C. The summed E-state index contributed by atoms with van der Waals surface area (Å²) in [6.07, 6.45) is 2.27. The summed E-state index contributed by atoms with van der Waals surface area (Å²) >= 11 is 0. The van der Waals surface area contributed by atoms with Crippen LogP contribution in [0.15, 0.2) is 30.9 Å². The molecule has 0 aliphatic heterocycles. The van der Waals surface area contributed by atoms with Gasteiger partial charge >= 0.3 is 0 Å². The molecule has 0 N–H and O–H groups in total. The molecule has 0 aromatic heterocycles. The molecule has 16 heavy (non-hydrogen) atoms. The highest BCUT2D eigenvalue weighted by Crippen LogP contribution is 2.23. The van der Waals surface area contributed by atoms with E-state index in [0.29, 0.717) is 24.2 Å². The van der Waals surface area contributed by atoms with Gasteiger partial charge in [-0.2, -0.15) is 0 Å². The van der Waals surface area contributed by atoms with Gasteiger partial charge in [0.2, 0.25) is 6.41 Å². The number of benzene rings is 1. The Balaban J connectivity index is 3.10. The summed E-state index contributed by atoms with van der Waals surface area (Å²) in [5.74, 6) is 0. The minimum atomic E-state index is -0.463. The highest BCUT2D eigenvalue weighted by molar-refractivity contribution is 5.77. The Kier molecular flexibility index (Phi) is 3.77. The third-order valence-corrected chi connectivity index (χ3v) is 2.15. The smallest absolute Gasteiger partial charge is 0.269 e. The Bertz CT molecular complexity index is 429. The van der Waals surface area contributed by atoms with Crippen LogP contribution >= 0.6 is 0 Å². The minimum absolute atomic E-state index is 0.0192. The van der Waals surface area contributed by atoms with E-state index in [1.165, 1.54) is 17.0 Å². The molecule has 0 fully saturated rings. The van der Waals surface area contributed by atoms with Crippen molar-refractivity contribution in [2.75, 3.05) is 11.4 Å². The first kappa shape index (κ1) is 11.9. The van der Waals surface area contributed by atoms with E-state index in [-0.39, 0.29) is 5.69 Å². The largest absolute Gasteiger partial charge is 0.311 e. The first-order chi connectivity index (χ1) is 7.60.